The van der Waals surface area contributed by atoms with Crippen LogP contribution in [0.4, 0.5) is 0 Å². The summed E-state index contributed by atoms with van der Waals surface area (Å²) in [5, 5.41) is 3.12. The zero-order valence-electron chi connectivity index (χ0n) is 12.4. The van der Waals surface area contributed by atoms with Crippen LogP contribution >= 0.6 is 11.8 Å². The van der Waals surface area contributed by atoms with Crippen LogP contribution in [0.3, 0.4) is 0 Å². The number of hydrogen-bond donors (Lipinski definition) is 2. The van der Waals surface area contributed by atoms with Crippen LogP contribution < -0.4 is 11.1 Å². The molecule has 3 nitrogen and oxygen atoms in total. The number of rotatable bonds is 8. The highest BCUT2D eigenvalue weighted by Crippen LogP contribution is 2.34. The Morgan fingerprint density at radius 1 is 1.16 bits per heavy atom. The van der Waals surface area contributed by atoms with Crippen molar-refractivity contribution in [3.63, 3.8) is 0 Å². The summed E-state index contributed by atoms with van der Waals surface area (Å²) in [5.41, 5.74) is 5.65. The first-order valence-electron chi connectivity index (χ1n) is 7.72. The van der Waals surface area contributed by atoms with Gasteiger partial charge in [0.05, 0.1) is 5.41 Å². The van der Waals surface area contributed by atoms with Crippen LogP contribution in [0.25, 0.3) is 0 Å². The average Bonchev–Trinajstić information content (AvgIpc) is 2.68. The van der Waals surface area contributed by atoms with Gasteiger partial charge in [-0.1, -0.05) is 32.1 Å². The Kier molecular flexibility index (Phi) is 8.55. The van der Waals surface area contributed by atoms with Gasteiger partial charge < -0.3 is 11.1 Å². The van der Waals surface area contributed by atoms with Crippen LogP contribution in [0.1, 0.15) is 57.8 Å². The summed E-state index contributed by atoms with van der Waals surface area (Å²) in [7, 11) is 0. The molecule has 0 aliphatic heterocycles. The summed E-state index contributed by atoms with van der Waals surface area (Å²) in [6.45, 7) is 1.32. The smallest absolute Gasteiger partial charge is 0.227 e. The fourth-order valence-electron chi connectivity index (χ4n) is 2.87. The fourth-order valence-corrected chi connectivity index (χ4v) is 3.36. The van der Waals surface area contributed by atoms with Gasteiger partial charge in [0.25, 0.3) is 0 Å². The summed E-state index contributed by atoms with van der Waals surface area (Å²) < 4.78 is 0. The monoisotopic (exact) mass is 286 g/mol. The quantitative estimate of drug-likeness (QED) is 0.533. The van der Waals surface area contributed by atoms with Gasteiger partial charge in [-0.05, 0) is 37.7 Å². The lowest BCUT2D eigenvalue weighted by atomic mass is 9.79. The van der Waals surface area contributed by atoms with Gasteiger partial charge >= 0.3 is 0 Å². The lowest BCUT2D eigenvalue weighted by molar-refractivity contribution is -0.131. The molecule has 0 atom stereocenters. The molecule has 1 aliphatic rings. The molecule has 1 rings (SSSR count). The highest BCUT2D eigenvalue weighted by atomic mass is 32.2. The Bertz CT molecular complexity index is 251. The second kappa shape index (κ2) is 9.65. The van der Waals surface area contributed by atoms with Crippen LogP contribution in [0, 0.1) is 5.41 Å². The Hall–Kier alpha value is -0.220. The molecule has 0 heterocycles. The van der Waals surface area contributed by atoms with Crippen molar-refractivity contribution in [1.82, 2.24) is 5.32 Å². The fraction of sp³-hybridized carbons (Fsp3) is 0.933. The van der Waals surface area contributed by atoms with E-state index in [1.807, 2.05) is 11.8 Å². The number of nitrogens with two attached hydrogens (primary N) is 1. The molecule has 0 aromatic carbocycles. The molecule has 3 N–H and O–H groups in total. The lowest BCUT2D eigenvalue weighted by Gasteiger charge is -2.29. The average molecular weight is 286 g/mol. The number of carbonyl (C=O) groups excluding carboxylic acids is 1. The van der Waals surface area contributed by atoms with E-state index >= 15 is 0 Å². The highest BCUT2D eigenvalue weighted by Gasteiger charge is 2.36. The van der Waals surface area contributed by atoms with E-state index in [2.05, 4.69) is 11.6 Å². The normalized spacial score (nSPS) is 18.8. The predicted octanol–water partition coefficient (Wildman–Crippen LogP) is 2.94. The molecule has 0 unspecified atom stereocenters. The van der Waals surface area contributed by atoms with Crippen LogP contribution in [0.15, 0.2) is 0 Å². The van der Waals surface area contributed by atoms with Crippen LogP contribution in [-0.2, 0) is 4.79 Å². The molecule has 1 amide bonds. The first-order valence-corrected chi connectivity index (χ1v) is 9.12. The van der Waals surface area contributed by atoms with Gasteiger partial charge in [-0.2, -0.15) is 11.8 Å². The van der Waals surface area contributed by atoms with Crippen molar-refractivity contribution < 1.29 is 4.79 Å². The maximum atomic E-state index is 12.4. The molecular formula is C15H30N2OS. The van der Waals surface area contributed by atoms with Crippen molar-refractivity contribution in [2.75, 3.05) is 25.1 Å². The van der Waals surface area contributed by atoms with Crippen molar-refractivity contribution in [3.05, 3.63) is 0 Å². The highest BCUT2D eigenvalue weighted by molar-refractivity contribution is 7.98. The van der Waals surface area contributed by atoms with Crippen molar-refractivity contribution in [2.45, 2.75) is 57.8 Å². The summed E-state index contributed by atoms with van der Waals surface area (Å²) >= 11 is 1.89. The third kappa shape index (κ3) is 5.74. The SMILES string of the molecule is CSCCCCCNC(=O)C1(CN)CCCCCC1. The molecule has 0 aromatic heterocycles. The Morgan fingerprint density at radius 2 is 1.84 bits per heavy atom. The Morgan fingerprint density at radius 3 is 2.42 bits per heavy atom. The van der Waals surface area contributed by atoms with Crippen molar-refractivity contribution in [3.8, 4) is 0 Å². The number of hydrogen-bond acceptors (Lipinski definition) is 3. The Labute approximate surface area is 122 Å². The largest absolute Gasteiger partial charge is 0.356 e. The number of thioether (sulfide) groups is 1. The summed E-state index contributed by atoms with van der Waals surface area (Å²) in [6.07, 6.45) is 12.4. The minimum Gasteiger partial charge on any atom is -0.356 e. The topological polar surface area (TPSA) is 55.1 Å². The zero-order chi connectivity index (χ0) is 14.0. The summed E-state index contributed by atoms with van der Waals surface area (Å²) in [6, 6.07) is 0. The molecule has 0 aromatic rings. The number of nitrogens with one attached hydrogen (secondary N) is 1. The predicted molar refractivity (Wildman–Crippen MR) is 84.4 cm³/mol. The number of amides is 1. The van der Waals surface area contributed by atoms with Gasteiger partial charge in [0, 0.05) is 13.1 Å². The van der Waals surface area contributed by atoms with Crippen molar-refractivity contribution in [1.29, 1.82) is 0 Å². The van der Waals surface area contributed by atoms with E-state index in [1.165, 1.54) is 31.4 Å². The second-order valence-corrected chi connectivity index (χ2v) is 6.69. The summed E-state index contributed by atoms with van der Waals surface area (Å²) in [4.78, 5) is 12.4. The van der Waals surface area contributed by atoms with E-state index in [9.17, 15) is 4.79 Å². The number of unbranched alkanes of at least 4 members (excludes halogenated alkanes) is 2. The van der Waals surface area contributed by atoms with Gasteiger partial charge in [0.15, 0.2) is 0 Å². The van der Waals surface area contributed by atoms with Gasteiger partial charge in [0.1, 0.15) is 0 Å². The zero-order valence-corrected chi connectivity index (χ0v) is 13.2. The molecule has 112 valence electrons. The van der Waals surface area contributed by atoms with E-state index < -0.39 is 0 Å². The maximum absolute atomic E-state index is 12.4. The second-order valence-electron chi connectivity index (χ2n) is 5.71. The first kappa shape index (κ1) is 16.8. The maximum Gasteiger partial charge on any atom is 0.227 e. The molecule has 0 saturated heterocycles. The molecule has 1 fully saturated rings. The van der Waals surface area contributed by atoms with Crippen LogP contribution in [-0.4, -0.2) is 31.0 Å². The van der Waals surface area contributed by atoms with Crippen molar-refractivity contribution in [2.24, 2.45) is 11.1 Å². The lowest BCUT2D eigenvalue weighted by Crippen LogP contribution is -2.46. The molecular weight excluding hydrogens is 256 g/mol. The van der Waals surface area contributed by atoms with E-state index in [0.717, 1.165) is 38.6 Å². The van der Waals surface area contributed by atoms with Crippen molar-refractivity contribution >= 4 is 17.7 Å². The molecule has 0 radical (unpaired) electrons. The van der Waals surface area contributed by atoms with Gasteiger partial charge in [-0.15, -0.1) is 0 Å². The van der Waals surface area contributed by atoms with Gasteiger partial charge in [-0.3, -0.25) is 4.79 Å². The third-order valence-electron chi connectivity index (χ3n) is 4.24. The van der Waals surface area contributed by atoms with Crippen LogP contribution in [0.2, 0.25) is 0 Å². The molecule has 4 heteroatoms. The summed E-state index contributed by atoms with van der Waals surface area (Å²) in [5.74, 6) is 1.43. The number of carbonyl (C=O) groups is 1. The molecule has 1 aliphatic carbocycles. The third-order valence-corrected chi connectivity index (χ3v) is 4.94. The minimum atomic E-state index is -0.268. The van der Waals surface area contributed by atoms with Gasteiger partial charge in [0.2, 0.25) is 5.91 Å². The molecule has 0 spiro atoms. The first-order chi connectivity index (χ1) is 9.25. The Balaban J connectivity index is 2.28. The van der Waals surface area contributed by atoms with Gasteiger partial charge in [-0.25, -0.2) is 0 Å². The van der Waals surface area contributed by atoms with E-state index in [4.69, 9.17) is 5.73 Å². The molecule has 0 bridgehead atoms. The van der Waals surface area contributed by atoms with E-state index in [0.29, 0.717) is 6.54 Å². The van der Waals surface area contributed by atoms with E-state index in [1.54, 1.807) is 0 Å². The minimum absolute atomic E-state index is 0.210. The molecule has 1 saturated carbocycles. The molecule has 19 heavy (non-hydrogen) atoms. The standard InChI is InChI=1S/C15H30N2OS/c1-19-12-8-4-7-11-17-14(18)15(13-16)9-5-2-3-6-10-15/h2-13,16H2,1H3,(H,17,18). The van der Waals surface area contributed by atoms with E-state index in [-0.39, 0.29) is 11.3 Å². The van der Waals surface area contributed by atoms with Crippen LogP contribution in [0.5, 0.6) is 0 Å².